The van der Waals surface area contributed by atoms with Crippen molar-refractivity contribution in [3.63, 3.8) is 0 Å². The van der Waals surface area contributed by atoms with Crippen molar-refractivity contribution in [1.29, 1.82) is 0 Å². The number of carbonyl (C=O) groups is 2. The molecule has 0 aliphatic carbocycles. The second kappa shape index (κ2) is 14.1. The van der Waals surface area contributed by atoms with E-state index in [1.807, 2.05) is 26.8 Å². The van der Waals surface area contributed by atoms with E-state index in [-0.39, 0.29) is 19.1 Å². The second-order valence-corrected chi connectivity index (χ2v) is 11.4. The Bertz CT molecular complexity index is 1070. The van der Waals surface area contributed by atoms with Crippen molar-refractivity contribution in [1.82, 2.24) is 20.1 Å². The molecule has 13 heteroatoms. The fourth-order valence-corrected chi connectivity index (χ4v) is 3.64. The molecule has 216 valence electrons. The average Bonchev–Trinajstić information content (AvgIpc) is 3.32. The molecule has 39 heavy (non-hydrogen) atoms. The third-order valence-corrected chi connectivity index (χ3v) is 5.47. The Balaban J connectivity index is 0.000000274. The van der Waals surface area contributed by atoms with Crippen LogP contribution in [0.3, 0.4) is 0 Å². The molecule has 1 fully saturated rings. The SMILES string of the molecule is CC(C)(C)OC(=O)N(O)C(CCO)c1ccc(Cl)nc1.CC(C)(C)OC(=O)N1OCCC1c1ccc(Cl)nc1. The van der Waals surface area contributed by atoms with E-state index in [0.29, 0.717) is 34.0 Å². The highest BCUT2D eigenvalue weighted by Gasteiger charge is 2.35. The predicted molar refractivity (Wildman–Crippen MR) is 144 cm³/mol. The van der Waals surface area contributed by atoms with Crippen LogP contribution >= 0.6 is 23.2 Å². The molecule has 3 heterocycles. The van der Waals surface area contributed by atoms with Gasteiger partial charge in [0.2, 0.25) is 0 Å². The fraction of sp³-hybridized carbons (Fsp3) is 0.538. The molecule has 2 N–H and O–H groups in total. The lowest BCUT2D eigenvalue weighted by Gasteiger charge is -2.28. The van der Waals surface area contributed by atoms with Crippen LogP contribution in [0.4, 0.5) is 9.59 Å². The van der Waals surface area contributed by atoms with Gasteiger partial charge in [0.15, 0.2) is 0 Å². The van der Waals surface area contributed by atoms with Gasteiger partial charge in [-0.3, -0.25) is 10.0 Å². The molecule has 3 rings (SSSR count). The number of halogens is 2. The minimum Gasteiger partial charge on any atom is -0.442 e. The molecule has 2 atom stereocenters. The van der Waals surface area contributed by atoms with Gasteiger partial charge in [-0.1, -0.05) is 35.3 Å². The quantitative estimate of drug-likeness (QED) is 0.241. The lowest BCUT2D eigenvalue weighted by molar-refractivity contribution is -0.125. The van der Waals surface area contributed by atoms with E-state index in [9.17, 15) is 14.8 Å². The van der Waals surface area contributed by atoms with Gasteiger partial charge in [-0.05, 0) is 71.2 Å². The molecular formula is C26H36Cl2N4O7. The number of pyridine rings is 2. The fourth-order valence-electron chi connectivity index (χ4n) is 3.42. The summed E-state index contributed by atoms with van der Waals surface area (Å²) in [5.74, 6) is 0. The number of amides is 2. The molecule has 2 aromatic rings. The zero-order valence-corrected chi connectivity index (χ0v) is 24.4. The number of hydroxylamine groups is 4. The lowest BCUT2D eigenvalue weighted by Crippen LogP contribution is -2.37. The Morgan fingerprint density at radius 3 is 2.13 bits per heavy atom. The zero-order chi connectivity index (χ0) is 29.4. The molecular weight excluding hydrogens is 551 g/mol. The van der Waals surface area contributed by atoms with Crippen molar-refractivity contribution in [3.8, 4) is 0 Å². The maximum absolute atomic E-state index is 12.0. The number of carbonyl (C=O) groups excluding carboxylic acids is 2. The van der Waals surface area contributed by atoms with Gasteiger partial charge in [-0.15, -0.1) is 0 Å². The minimum absolute atomic E-state index is 0.152. The van der Waals surface area contributed by atoms with Crippen LogP contribution in [-0.2, 0) is 14.3 Å². The van der Waals surface area contributed by atoms with Gasteiger partial charge >= 0.3 is 12.2 Å². The molecule has 0 saturated carbocycles. The topological polar surface area (TPSA) is 135 Å². The van der Waals surface area contributed by atoms with Crippen LogP contribution in [0.5, 0.6) is 0 Å². The van der Waals surface area contributed by atoms with Gasteiger partial charge in [-0.25, -0.2) is 19.6 Å². The van der Waals surface area contributed by atoms with Crippen LogP contribution in [0.2, 0.25) is 10.3 Å². The van der Waals surface area contributed by atoms with E-state index >= 15 is 0 Å². The second-order valence-electron chi connectivity index (χ2n) is 10.6. The lowest BCUT2D eigenvalue weighted by atomic mass is 10.1. The van der Waals surface area contributed by atoms with E-state index < -0.39 is 29.4 Å². The first-order valence-corrected chi connectivity index (χ1v) is 13.1. The summed E-state index contributed by atoms with van der Waals surface area (Å²) in [6.45, 7) is 10.8. The summed E-state index contributed by atoms with van der Waals surface area (Å²) in [7, 11) is 0. The van der Waals surface area contributed by atoms with E-state index in [1.54, 1.807) is 45.2 Å². The molecule has 2 aromatic heterocycles. The highest BCUT2D eigenvalue weighted by molar-refractivity contribution is 6.29. The summed E-state index contributed by atoms with van der Waals surface area (Å²) in [6.07, 6.45) is 2.59. The summed E-state index contributed by atoms with van der Waals surface area (Å²) in [6, 6.07) is 5.78. The Morgan fingerprint density at radius 1 is 1.05 bits per heavy atom. The number of hydrogen-bond donors (Lipinski definition) is 2. The smallest absolute Gasteiger partial charge is 0.435 e. The zero-order valence-electron chi connectivity index (χ0n) is 22.9. The number of hydrogen-bond acceptors (Lipinski definition) is 9. The normalized spacial score (nSPS) is 16.2. The van der Waals surface area contributed by atoms with Crippen molar-refractivity contribution in [2.24, 2.45) is 0 Å². The molecule has 0 bridgehead atoms. The third kappa shape index (κ3) is 10.8. The Kier molecular flexibility index (Phi) is 11.7. The van der Waals surface area contributed by atoms with Gasteiger partial charge in [-0.2, -0.15) is 10.1 Å². The van der Waals surface area contributed by atoms with Crippen LogP contribution in [0.1, 0.15) is 77.6 Å². The average molecular weight is 588 g/mol. The van der Waals surface area contributed by atoms with E-state index in [4.69, 9.17) is 42.6 Å². The number of aliphatic hydroxyl groups is 1. The summed E-state index contributed by atoms with van der Waals surface area (Å²) in [5, 5.41) is 21.5. The predicted octanol–water partition coefficient (Wildman–Crippen LogP) is 6.13. The van der Waals surface area contributed by atoms with Gasteiger partial charge in [0.25, 0.3) is 0 Å². The van der Waals surface area contributed by atoms with Gasteiger partial charge in [0, 0.05) is 25.4 Å². The number of aliphatic hydroxyl groups excluding tert-OH is 1. The molecule has 2 amide bonds. The van der Waals surface area contributed by atoms with Crippen molar-refractivity contribution in [2.75, 3.05) is 13.2 Å². The van der Waals surface area contributed by atoms with E-state index in [1.165, 1.54) is 11.3 Å². The van der Waals surface area contributed by atoms with Crippen LogP contribution < -0.4 is 0 Å². The molecule has 0 spiro atoms. The molecule has 1 saturated heterocycles. The Hall–Kier alpha value is -2.70. The first kappa shape index (κ1) is 32.5. The Labute approximate surface area is 238 Å². The van der Waals surface area contributed by atoms with Gasteiger partial charge in [0.1, 0.15) is 21.5 Å². The van der Waals surface area contributed by atoms with Crippen LogP contribution in [-0.4, -0.2) is 67.0 Å². The minimum atomic E-state index is -0.883. The van der Waals surface area contributed by atoms with Crippen molar-refractivity contribution < 1.29 is 34.2 Å². The summed E-state index contributed by atoms with van der Waals surface area (Å²) < 4.78 is 10.4. The van der Waals surface area contributed by atoms with Crippen LogP contribution in [0, 0.1) is 0 Å². The monoisotopic (exact) mass is 586 g/mol. The molecule has 2 unspecified atom stereocenters. The third-order valence-electron chi connectivity index (χ3n) is 5.03. The van der Waals surface area contributed by atoms with Crippen LogP contribution in [0.15, 0.2) is 36.7 Å². The maximum atomic E-state index is 12.0. The molecule has 1 aliphatic heterocycles. The summed E-state index contributed by atoms with van der Waals surface area (Å²) in [4.78, 5) is 37.2. The first-order chi connectivity index (χ1) is 18.1. The molecule has 0 radical (unpaired) electrons. The highest BCUT2D eigenvalue weighted by Crippen LogP contribution is 2.31. The largest absolute Gasteiger partial charge is 0.442 e. The molecule has 0 aromatic carbocycles. The number of rotatable bonds is 5. The summed E-state index contributed by atoms with van der Waals surface area (Å²) in [5.41, 5.74) is 0.163. The van der Waals surface area contributed by atoms with Gasteiger partial charge < -0.3 is 14.6 Å². The standard InChI is InChI=1S/C13H19ClN2O4.C13H17ClN2O3/c1-13(2,3)20-12(18)16(19)10(6-7-17)9-4-5-11(14)15-8-9;1-13(2,3)19-12(17)16-10(6-7-18-16)9-4-5-11(14)15-8-9/h4-5,8,10,17,19H,6-7H2,1-3H3;4-5,8,10H,6-7H2,1-3H3. The van der Waals surface area contributed by atoms with Crippen molar-refractivity contribution >= 4 is 35.4 Å². The first-order valence-electron chi connectivity index (χ1n) is 12.3. The Morgan fingerprint density at radius 2 is 1.64 bits per heavy atom. The van der Waals surface area contributed by atoms with Crippen molar-refractivity contribution in [2.45, 2.75) is 77.7 Å². The highest BCUT2D eigenvalue weighted by atomic mass is 35.5. The van der Waals surface area contributed by atoms with Crippen LogP contribution in [0.25, 0.3) is 0 Å². The van der Waals surface area contributed by atoms with Gasteiger partial charge in [0.05, 0.1) is 18.7 Å². The summed E-state index contributed by atoms with van der Waals surface area (Å²) >= 11 is 11.5. The van der Waals surface area contributed by atoms with E-state index in [0.717, 1.165) is 5.56 Å². The van der Waals surface area contributed by atoms with Crippen molar-refractivity contribution in [3.05, 3.63) is 58.1 Å². The van der Waals surface area contributed by atoms with E-state index in [2.05, 4.69) is 9.97 Å². The molecule has 11 nitrogen and oxygen atoms in total. The number of aromatic nitrogens is 2. The molecule has 1 aliphatic rings. The maximum Gasteiger partial charge on any atom is 0.435 e. The number of nitrogens with zero attached hydrogens (tertiary/aromatic N) is 4. The number of ether oxygens (including phenoxy) is 2.